The van der Waals surface area contributed by atoms with Crippen LogP contribution in [0.3, 0.4) is 0 Å². The van der Waals surface area contributed by atoms with Gasteiger partial charge < -0.3 is 4.74 Å². The molecule has 0 fully saturated rings. The van der Waals surface area contributed by atoms with Crippen molar-refractivity contribution in [1.82, 2.24) is 0 Å². The van der Waals surface area contributed by atoms with Gasteiger partial charge >= 0.3 is 0 Å². The van der Waals surface area contributed by atoms with Crippen LogP contribution in [-0.2, 0) is 4.74 Å². The highest BCUT2D eigenvalue weighted by Crippen LogP contribution is 2.24. The third kappa shape index (κ3) is 3.70. The highest BCUT2D eigenvalue weighted by atomic mass is 35.5. The maximum atomic E-state index is 12.2. The number of hydrogen-bond donors (Lipinski definition) is 0. The predicted molar refractivity (Wildman–Crippen MR) is 71.0 cm³/mol. The molecule has 0 radical (unpaired) electrons. The molecular formula is C13H16Cl2O2. The molecule has 1 aromatic rings. The Kier molecular flexibility index (Phi) is 5.44. The van der Waals surface area contributed by atoms with Crippen molar-refractivity contribution in [2.75, 3.05) is 6.61 Å². The van der Waals surface area contributed by atoms with Gasteiger partial charge in [-0.25, -0.2) is 0 Å². The van der Waals surface area contributed by atoms with Gasteiger partial charge in [0.1, 0.15) is 6.10 Å². The van der Waals surface area contributed by atoms with Gasteiger partial charge in [0.2, 0.25) is 0 Å². The van der Waals surface area contributed by atoms with Gasteiger partial charge in [-0.1, -0.05) is 37.0 Å². The quantitative estimate of drug-likeness (QED) is 0.751. The zero-order valence-corrected chi connectivity index (χ0v) is 11.7. The molecule has 94 valence electrons. The normalized spacial score (nSPS) is 12.8. The molecule has 4 heteroatoms. The van der Waals surface area contributed by atoms with Gasteiger partial charge in [0.25, 0.3) is 0 Å². The van der Waals surface area contributed by atoms with Crippen LogP contribution in [0.15, 0.2) is 18.2 Å². The number of carbonyl (C=O) groups is 1. The predicted octanol–water partition coefficient (Wildman–Crippen LogP) is 4.24. The summed E-state index contributed by atoms with van der Waals surface area (Å²) in [6.07, 6.45) is -0.433. The van der Waals surface area contributed by atoms with Gasteiger partial charge in [0.15, 0.2) is 5.78 Å². The Bertz CT molecular complexity index is 402. The van der Waals surface area contributed by atoms with Crippen molar-refractivity contribution in [2.24, 2.45) is 5.92 Å². The molecular weight excluding hydrogens is 259 g/mol. The molecule has 0 aliphatic carbocycles. The number of benzene rings is 1. The van der Waals surface area contributed by atoms with Crippen LogP contribution in [0.25, 0.3) is 0 Å². The van der Waals surface area contributed by atoms with E-state index in [1.165, 1.54) is 0 Å². The summed E-state index contributed by atoms with van der Waals surface area (Å²) in [5, 5.41) is 0.831. The Morgan fingerprint density at radius 3 is 2.41 bits per heavy atom. The summed E-state index contributed by atoms with van der Waals surface area (Å²) in [7, 11) is 0. The monoisotopic (exact) mass is 274 g/mol. The molecule has 2 nitrogen and oxygen atoms in total. The van der Waals surface area contributed by atoms with Gasteiger partial charge in [-0.3, -0.25) is 4.79 Å². The minimum atomic E-state index is -0.433. The van der Waals surface area contributed by atoms with Crippen molar-refractivity contribution in [3.05, 3.63) is 33.8 Å². The summed E-state index contributed by atoms with van der Waals surface area (Å²) in [4.78, 5) is 12.2. The van der Waals surface area contributed by atoms with Crippen LogP contribution in [0.2, 0.25) is 10.0 Å². The minimum absolute atomic E-state index is 0.0552. The summed E-state index contributed by atoms with van der Waals surface area (Å²) < 4.78 is 5.46. The number of ether oxygens (including phenoxy) is 1. The second kappa shape index (κ2) is 6.39. The molecule has 0 N–H and O–H groups in total. The van der Waals surface area contributed by atoms with E-state index in [0.717, 1.165) is 0 Å². The first kappa shape index (κ1) is 14.5. The number of halogens is 2. The molecule has 0 aliphatic heterocycles. The lowest BCUT2D eigenvalue weighted by atomic mass is 9.97. The number of rotatable bonds is 5. The molecule has 0 spiro atoms. The zero-order chi connectivity index (χ0) is 13.0. The Morgan fingerprint density at radius 1 is 1.29 bits per heavy atom. The first-order valence-electron chi connectivity index (χ1n) is 5.58. The van der Waals surface area contributed by atoms with Crippen molar-refractivity contribution >= 4 is 29.0 Å². The molecule has 1 atom stereocenters. The summed E-state index contributed by atoms with van der Waals surface area (Å²) in [6.45, 7) is 6.29. The van der Waals surface area contributed by atoms with E-state index in [9.17, 15) is 4.79 Å². The van der Waals surface area contributed by atoms with E-state index >= 15 is 0 Å². The Hall–Kier alpha value is -0.570. The lowest BCUT2D eigenvalue weighted by molar-refractivity contribution is 0.0280. The van der Waals surface area contributed by atoms with Crippen molar-refractivity contribution < 1.29 is 9.53 Å². The fourth-order valence-corrected chi connectivity index (χ4v) is 1.86. The smallest absolute Gasteiger partial charge is 0.191 e. The van der Waals surface area contributed by atoms with E-state index in [2.05, 4.69) is 0 Å². The standard InChI is InChI=1S/C13H16Cl2O2/c1-4-17-13(8(2)3)12(16)9-5-6-10(14)11(15)7-9/h5-8,13H,4H2,1-3H3. The number of carbonyl (C=O) groups excluding carboxylic acids is 1. The van der Waals surface area contributed by atoms with E-state index in [-0.39, 0.29) is 11.7 Å². The van der Waals surface area contributed by atoms with E-state index in [1.54, 1.807) is 18.2 Å². The molecule has 0 bridgehead atoms. The molecule has 1 aromatic carbocycles. The van der Waals surface area contributed by atoms with Gasteiger partial charge in [0, 0.05) is 12.2 Å². The topological polar surface area (TPSA) is 26.3 Å². The molecule has 1 rings (SSSR count). The van der Waals surface area contributed by atoms with Crippen LogP contribution in [-0.4, -0.2) is 18.5 Å². The molecule has 1 unspecified atom stereocenters. The molecule has 17 heavy (non-hydrogen) atoms. The summed E-state index contributed by atoms with van der Waals surface area (Å²) in [5.74, 6) is 0.0670. The maximum absolute atomic E-state index is 12.2. The maximum Gasteiger partial charge on any atom is 0.191 e. The first-order valence-corrected chi connectivity index (χ1v) is 6.33. The highest BCUT2D eigenvalue weighted by molar-refractivity contribution is 6.42. The molecule has 0 saturated carbocycles. The van der Waals surface area contributed by atoms with E-state index in [1.807, 2.05) is 20.8 Å². The molecule has 0 saturated heterocycles. The Labute approximate surface area is 112 Å². The Balaban J connectivity index is 2.97. The lowest BCUT2D eigenvalue weighted by Crippen LogP contribution is -2.29. The first-order chi connectivity index (χ1) is 7.97. The van der Waals surface area contributed by atoms with Gasteiger partial charge in [0.05, 0.1) is 10.0 Å². The number of ketones is 1. The van der Waals surface area contributed by atoms with Crippen molar-refractivity contribution in [2.45, 2.75) is 26.9 Å². The van der Waals surface area contributed by atoms with Crippen LogP contribution in [0.4, 0.5) is 0 Å². The fraction of sp³-hybridized carbons (Fsp3) is 0.462. The lowest BCUT2D eigenvalue weighted by Gasteiger charge is -2.19. The highest BCUT2D eigenvalue weighted by Gasteiger charge is 2.24. The Morgan fingerprint density at radius 2 is 1.94 bits per heavy atom. The van der Waals surface area contributed by atoms with E-state index in [0.29, 0.717) is 22.2 Å². The largest absolute Gasteiger partial charge is 0.370 e. The fourth-order valence-electron chi connectivity index (χ4n) is 1.56. The zero-order valence-electron chi connectivity index (χ0n) is 10.2. The third-order valence-electron chi connectivity index (χ3n) is 2.41. The van der Waals surface area contributed by atoms with Crippen molar-refractivity contribution in [1.29, 1.82) is 0 Å². The number of hydrogen-bond acceptors (Lipinski definition) is 2. The molecule has 0 aromatic heterocycles. The SMILES string of the molecule is CCOC(C(=O)c1ccc(Cl)c(Cl)c1)C(C)C. The number of Topliss-reactive ketones (excluding diaryl/α,β-unsaturated/α-hetero) is 1. The van der Waals surface area contributed by atoms with E-state index < -0.39 is 6.10 Å². The molecule has 0 amide bonds. The van der Waals surface area contributed by atoms with Gasteiger partial charge in [-0.2, -0.15) is 0 Å². The summed E-state index contributed by atoms with van der Waals surface area (Å²) >= 11 is 11.7. The van der Waals surface area contributed by atoms with Gasteiger partial charge in [-0.05, 0) is 31.0 Å². The summed E-state index contributed by atoms with van der Waals surface area (Å²) in [5.41, 5.74) is 0.534. The molecule has 0 aliphatic rings. The minimum Gasteiger partial charge on any atom is -0.370 e. The van der Waals surface area contributed by atoms with Crippen LogP contribution in [0.1, 0.15) is 31.1 Å². The average molecular weight is 275 g/mol. The third-order valence-corrected chi connectivity index (χ3v) is 3.15. The van der Waals surface area contributed by atoms with Crippen LogP contribution in [0, 0.1) is 5.92 Å². The van der Waals surface area contributed by atoms with Gasteiger partial charge in [-0.15, -0.1) is 0 Å². The van der Waals surface area contributed by atoms with E-state index in [4.69, 9.17) is 27.9 Å². The second-order valence-corrected chi connectivity index (χ2v) is 4.93. The van der Waals surface area contributed by atoms with Crippen molar-refractivity contribution in [3.8, 4) is 0 Å². The molecule has 0 heterocycles. The van der Waals surface area contributed by atoms with Crippen LogP contribution >= 0.6 is 23.2 Å². The van der Waals surface area contributed by atoms with Crippen molar-refractivity contribution in [3.63, 3.8) is 0 Å². The second-order valence-electron chi connectivity index (χ2n) is 4.11. The van der Waals surface area contributed by atoms with Crippen LogP contribution in [0.5, 0.6) is 0 Å². The summed E-state index contributed by atoms with van der Waals surface area (Å²) in [6, 6.07) is 4.88. The average Bonchev–Trinajstić information content (AvgIpc) is 2.28. The van der Waals surface area contributed by atoms with Crippen LogP contribution < -0.4 is 0 Å².